The third-order valence-corrected chi connectivity index (χ3v) is 6.57. The van der Waals surface area contributed by atoms with Crippen molar-refractivity contribution in [2.75, 3.05) is 25.5 Å². The van der Waals surface area contributed by atoms with Gasteiger partial charge in [0.2, 0.25) is 0 Å². The second kappa shape index (κ2) is 10.1. The molecule has 1 aliphatic rings. The molecule has 8 heteroatoms. The van der Waals surface area contributed by atoms with Crippen molar-refractivity contribution < 1.29 is 9.53 Å². The van der Waals surface area contributed by atoms with Crippen LogP contribution in [0.5, 0.6) is 0 Å². The Hall–Kier alpha value is -2.77. The first-order valence-electron chi connectivity index (χ1n) is 12.2. The van der Waals surface area contributed by atoms with E-state index in [2.05, 4.69) is 52.4 Å². The number of pyridine rings is 1. The Morgan fingerprint density at radius 2 is 1.91 bits per heavy atom. The molecule has 1 aliphatic heterocycles. The quantitative estimate of drug-likeness (QED) is 0.489. The molecule has 1 saturated heterocycles. The van der Waals surface area contributed by atoms with Crippen LogP contribution in [-0.2, 0) is 18.2 Å². The summed E-state index contributed by atoms with van der Waals surface area (Å²) < 4.78 is 7.57. The number of likely N-dealkylation sites (N-methyl/N-ethyl adjacent to an activating group) is 1. The Bertz CT molecular complexity index is 1220. The maximum atomic E-state index is 12.3. The third kappa shape index (κ3) is 5.90. The Labute approximate surface area is 212 Å². The molecule has 4 rings (SSSR count). The number of aryl methyl sites for hydroxylation is 2. The molecule has 0 spiro atoms. The van der Waals surface area contributed by atoms with Crippen LogP contribution >= 0.6 is 11.6 Å². The van der Waals surface area contributed by atoms with Gasteiger partial charge in [-0.2, -0.15) is 0 Å². The van der Waals surface area contributed by atoms with E-state index >= 15 is 0 Å². The summed E-state index contributed by atoms with van der Waals surface area (Å²) in [7, 11) is 4.10. The van der Waals surface area contributed by atoms with E-state index in [1.807, 2.05) is 46.0 Å². The molecule has 1 amide bonds. The zero-order valence-electron chi connectivity index (χ0n) is 21.5. The summed E-state index contributed by atoms with van der Waals surface area (Å²) in [6.45, 7) is 9.34. The fraction of sp³-hybridized carbons (Fsp3) is 0.481. The van der Waals surface area contributed by atoms with Gasteiger partial charge >= 0.3 is 6.09 Å². The number of anilines is 1. The van der Waals surface area contributed by atoms with Gasteiger partial charge in [-0.05, 0) is 58.4 Å². The summed E-state index contributed by atoms with van der Waals surface area (Å²) in [5, 5.41) is 8.47. The number of benzene rings is 1. The van der Waals surface area contributed by atoms with Crippen molar-refractivity contribution in [3.05, 3.63) is 47.1 Å². The number of hydrogen-bond acceptors (Lipinski definition) is 5. The minimum atomic E-state index is -0.524. The normalized spacial score (nSPS) is 19.1. The molecule has 35 heavy (non-hydrogen) atoms. The first-order chi connectivity index (χ1) is 16.5. The highest BCUT2D eigenvalue weighted by Crippen LogP contribution is 2.36. The standard InChI is InChI=1S/C27H36ClN5O2/c1-7-17-12-22(28)24(21-16-33(6)23-11-9-8-10-20(21)23)31-25(17)29-18-13-19(15-32(5)14-18)30-26(34)35-27(2,3)4/h8-12,16,18-19H,7,13-15H2,1-6H3,(H,29,31)(H,30,34). The van der Waals surface area contributed by atoms with E-state index in [0.717, 1.165) is 59.5 Å². The van der Waals surface area contributed by atoms with Crippen molar-refractivity contribution in [1.82, 2.24) is 19.8 Å². The molecule has 188 valence electrons. The van der Waals surface area contributed by atoms with Crippen LogP contribution in [0.25, 0.3) is 22.2 Å². The van der Waals surface area contributed by atoms with Gasteiger partial charge in [-0.25, -0.2) is 9.78 Å². The number of nitrogens with one attached hydrogen (secondary N) is 2. The fourth-order valence-corrected chi connectivity index (χ4v) is 5.11. The molecule has 1 fully saturated rings. The topological polar surface area (TPSA) is 71.4 Å². The van der Waals surface area contributed by atoms with Crippen molar-refractivity contribution in [3.8, 4) is 11.3 Å². The second-order valence-electron chi connectivity index (χ2n) is 10.5. The number of piperidine rings is 1. The number of nitrogens with zero attached hydrogens (tertiary/aromatic N) is 3. The van der Waals surface area contributed by atoms with Crippen LogP contribution in [0.1, 0.15) is 39.7 Å². The molecule has 0 aliphatic carbocycles. The number of para-hydroxylation sites is 1. The van der Waals surface area contributed by atoms with Crippen LogP contribution in [0.3, 0.4) is 0 Å². The molecule has 3 aromatic rings. The van der Waals surface area contributed by atoms with Crippen molar-refractivity contribution in [2.24, 2.45) is 7.05 Å². The van der Waals surface area contributed by atoms with Gasteiger partial charge < -0.3 is 24.8 Å². The summed E-state index contributed by atoms with van der Waals surface area (Å²) >= 11 is 6.75. The maximum absolute atomic E-state index is 12.3. The van der Waals surface area contributed by atoms with E-state index < -0.39 is 5.60 Å². The predicted octanol–water partition coefficient (Wildman–Crippen LogP) is 5.47. The number of ether oxygens (including phenoxy) is 1. The number of fused-ring (bicyclic) bond motifs is 1. The molecule has 1 aromatic carbocycles. The summed E-state index contributed by atoms with van der Waals surface area (Å²) in [5.41, 5.74) is 3.48. The van der Waals surface area contributed by atoms with E-state index in [9.17, 15) is 4.79 Å². The Morgan fingerprint density at radius 3 is 2.63 bits per heavy atom. The first-order valence-corrected chi connectivity index (χ1v) is 12.6. The van der Waals surface area contributed by atoms with Crippen LogP contribution < -0.4 is 10.6 Å². The molecule has 0 radical (unpaired) electrons. The third-order valence-electron chi connectivity index (χ3n) is 6.28. The number of carbonyl (C=O) groups excluding carboxylic acids is 1. The summed E-state index contributed by atoms with van der Waals surface area (Å²) in [6, 6.07) is 10.4. The van der Waals surface area contributed by atoms with Gasteiger partial charge in [0.1, 0.15) is 11.4 Å². The maximum Gasteiger partial charge on any atom is 0.407 e. The van der Waals surface area contributed by atoms with E-state index in [4.69, 9.17) is 21.3 Å². The zero-order chi connectivity index (χ0) is 25.3. The smallest absolute Gasteiger partial charge is 0.407 e. The monoisotopic (exact) mass is 497 g/mol. The number of amides is 1. The van der Waals surface area contributed by atoms with E-state index in [0.29, 0.717) is 5.02 Å². The second-order valence-corrected chi connectivity index (χ2v) is 10.9. The van der Waals surface area contributed by atoms with Gasteiger partial charge in [0.15, 0.2) is 0 Å². The largest absolute Gasteiger partial charge is 0.444 e. The highest BCUT2D eigenvalue weighted by atomic mass is 35.5. The van der Waals surface area contributed by atoms with Crippen LogP contribution in [0.4, 0.5) is 10.6 Å². The van der Waals surface area contributed by atoms with E-state index in [-0.39, 0.29) is 18.2 Å². The highest BCUT2D eigenvalue weighted by Gasteiger charge is 2.29. The van der Waals surface area contributed by atoms with Gasteiger partial charge in [0, 0.05) is 54.9 Å². The summed E-state index contributed by atoms with van der Waals surface area (Å²) in [4.78, 5) is 19.6. The Kier molecular flexibility index (Phi) is 7.29. The number of halogens is 1. The lowest BCUT2D eigenvalue weighted by atomic mass is 10.0. The molecule has 7 nitrogen and oxygen atoms in total. The number of alkyl carbamates (subject to hydrolysis) is 1. The number of rotatable bonds is 5. The molecule has 0 bridgehead atoms. The minimum absolute atomic E-state index is 0.0176. The van der Waals surface area contributed by atoms with E-state index in [1.54, 1.807) is 0 Å². The van der Waals surface area contributed by atoms with Gasteiger partial charge in [-0.15, -0.1) is 0 Å². The van der Waals surface area contributed by atoms with Crippen LogP contribution in [-0.4, -0.2) is 58.4 Å². The van der Waals surface area contributed by atoms with E-state index in [1.165, 1.54) is 0 Å². The predicted molar refractivity (Wildman–Crippen MR) is 143 cm³/mol. The van der Waals surface area contributed by atoms with Crippen molar-refractivity contribution in [3.63, 3.8) is 0 Å². The van der Waals surface area contributed by atoms with Crippen molar-refractivity contribution in [1.29, 1.82) is 0 Å². The lowest BCUT2D eigenvalue weighted by Crippen LogP contribution is -2.53. The SMILES string of the molecule is CCc1cc(Cl)c(-c2cn(C)c3ccccc23)nc1NC1CC(NC(=O)OC(C)(C)C)CN(C)C1. The number of carbonyl (C=O) groups is 1. The van der Waals surface area contributed by atoms with Gasteiger partial charge in [-0.1, -0.05) is 36.7 Å². The van der Waals surface area contributed by atoms with Crippen LogP contribution in [0, 0.1) is 0 Å². The fourth-order valence-electron chi connectivity index (χ4n) is 4.84. The Balaban J connectivity index is 1.59. The number of likely N-dealkylation sites (tertiary alicyclic amines) is 1. The Morgan fingerprint density at radius 1 is 1.20 bits per heavy atom. The average Bonchev–Trinajstić information content (AvgIpc) is 3.09. The average molecular weight is 498 g/mol. The summed E-state index contributed by atoms with van der Waals surface area (Å²) in [6.07, 6.45) is 3.30. The number of hydrogen-bond donors (Lipinski definition) is 2. The van der Waals surface area contributed by atoms with Crippen molar-refractivity contribution in [2.45, 2.75) is 58.2 Å². The number of aromatic nitrogens is 2. The lowest BCUT2D eigenvalue weighted by molar-refractivity contribution is 0.0476. The minimum Gasteiger partial charge on any atom is -0.444 e. The molecular weight excluding hydrogens is 462 g/mol. The van der Waals surface area contributed by atoms with Gasteiger partial charge in [0.05, 0.1) is 10.7 Å². The van der Waals surface area contributed by atoms with Crippen LogP contribution in [0.15, 0.2) is 36.5 Å². The summed E-state index contributed by atoms with van der Waals surface area (Å²) in [5.74, 6) is 0.844. The molecular formula is C27H36ClN5O2. The van der Waals surface area contributed by atoms with Gasteiger partial charge in [-0.3, -0.25) is 0 Å². The molecule has 2 N–H and O–H groups in total. The first kappa shape index (κ1) is 25.3. The zero-order valence-corrected chi connectivity index (χ0v) is 22.2. The molecule has 3 heterocycles. The molecule has 0 saturated carbocycles. The molecule has 2 aromatic heterocycles. The molecule has 2 atom stereocenters. The van der Waals surface area contributed by atoms with Crippen molar-refractivity contribution >= 4 is 34.4 Å². The highest BCUT2D eigenvalue weighted by molar-refractivity contribution is 6.33. The lowest BCUT2D eigenvalue weighted by Gasteiger charge is -2.37. The van der Waals surface area contributed by atoms with Crippen LogP contribution in [0.2, 0.25) is 5.02 Å². The van der Waals surface area contributed by atoms with Gasteiger partial charge in [0.25, 0.3) is 0 Å². The molecule has 2 unspecified atom stereocenters.